The van der Waals surface area contributed by atoms with Gasteiger partial charge in [-0.25, -0.2) is 0 Å². The van der Waals surface area contributed by atoms with Crippen LogP contribution in [-0.4, -0.2) is 6.54 Å². The quantitative estimate of drug-likeness (QED) is 0.819. The minimum atomic E-state index is 0.191. The Hall–Kier alpha value is -0.640. The van der Waals surface area contributed by atoms with Crippen molar-refractivity contribution in [3.05, 3.63) is 56.2 Å². The van der Waals surface area contributed by atoms with E-state index in [4.69, 9.17) is 0 Å². The van der Waals surface area contributed by atoms with E-state index >= 15 is 0 Å². The molecule has 102 valence electrons. The van der Waals surface area contributed by atoms with E-state index in [0.29, 0.717) is 0 Å². The number of thiophene rings is 1. The van der Waals surface area contributed by atoms with Crippen molar-refractivity contribution in [2.45, 2.75) is 32.7 Å². The van der Waals surface area contributed by atoms with Crippen LogP contribution in [0, 0.1) is 6.92 Å². The number of hydrogen-bond donors (Lipinski definition) is 1. The molecule has 19 heavy (non-hydrogen) atoms. The van der Waals surface area contributed by atoms with Gasteiger partial charge in [0.1, 0.15) is 0 Å². The Morgan fingerprint density at radius 1 is 1.26 bits per heavy atom. The van der Waals surface area contributed by atoms with Crippen LogP contribution in [0.5, 0.6) is 0 Å². The lowest BCUT2D eigenvalue weighted by Crippen LogP contribution is -2.31. The maximum absolute atomic E-state index is 3.58. The summed E-state index contributed by atoms with van der Waals surface area (Å²) < 4.78 is 1.18. The molecule has 0 radical (unpaired) electrons. The molecule has 0 aliphatic heterocycles. The van der Waals surface area contributed by atoms with Crippen LogP contribution in [0.2, 0.25) is 0 Å². The molecule has 3 heteroatoms. The molecule has 0 saturated heterocycles. The van der Waals surface area contributed by atoms with Gasteiger partial charge in [0.15, 0.2) is 0 Å². The van der Waals surface area contributed by atoms with Crippen LogP contribution in [0.1, 0.15) is 29.9 Å². The third kappa shape index (κ3) is 3.91. The summed E-state index contributed by atoms with van der Waals surface area (Å²) in [7, 11) is 0. The highest BCUT2D eigenvalue weighted by Crippen LogP contribution is 2.26. The number of benzene rings is 1. The highest BCUT2D eigenvalue weighted by molar-refractivity contribution is 9.10. The molecule has 0 aliphatic rings. The van der Waals surface area contributed by atoms with Gasteiger partial charge < -0.3 is 5.32 Å². The van der Waals surface area contributed by atoms with Crippen molar-refractivity contribution in [1.29, 1.82) is 0 Å². The topological polar surface area (TPSA) is 12.0 Å². The van der Waals surface area contributed by atoms with Crippen LogP contribution >= 0.6 is 27.3 Å². The Bertz CT molecular complexity index is 532. The molecule has 1 aromatic carbocycles. The van der Waals surface area contributed by atoms with Crippen LogP contribution in [-0.2, 0) is 12.0 Å². The minimum Gasteiger partial charge on any atom is -0.312 e. The van der Waals surface area contributed by atoms with Gasteiger partial charge in [-0.2, -0.15) is 0 Å². The zero-order valence-corrected chi connectivity index (χ0v) is 14.1. The van der Waals surface area contributed by atoms with Crippen LogP contribution in [0.25, 0.3) is 0 Å². The zero-order valence-electron chi connectivity index (χ0n) is 11.7. The lowest BCUT2D eigenvalue weighted by Gasteiger charge is -2.23. The van der Waals surface area contributed by atoms with Crippen LogP contribution in [0.15, 0.2) is 40.2 Å². The third-order valence-electron chi connectivity index (χ3n) is 3.32. The molecular weight excluding hydrogens is 318 g/mol. The Balaban J connectivity index is 1.91. The second-order valence-corrected chi connectivity index (χ2v) is 7.35. The standard InChI is InChI=1S/C16H20BrNS/c1-12-6-7-13(9-14(12)17)10-18-11-16(2,3)15-5-4-8-19-15/h4-9,18H,10-11H2,1-3H3. The van der Waals surface area contributed by atoms with Crippen molar-refractivity contribution in [1.82, 2.24) is 5.32 Å². The Labute approximate surface area is 128 Å². The van der Waals surface area contributed by atoms with Crippen LogP contribution in [0.3, 0.4) is 0 Å². The van der Waals surface area contributed by atoms with Gasteiger partial charge in [-0.05, 0) is 35.6 Å². The molecule has 0 spiro atoms. The molecule has 0 saturated carbocycles. The molecule has 0 aliphatic carbocycles. The highest BCUT2D eigenvalue weighted by atomic mass is 79.9. The molecule has 0 amide bonds. The molecule has 1 N–H and O–H groups in total. The average Bonchev–Trinajstić information content (AvgIpc) is 2.88. The van der Waals surface area contributed by atoms with Gasteiger partial charge in [-0.1, -0.05) is 48.0 Å². The van der Waals surface area contributed by atoms with E-state index in [9.17, 15) is 0 Å². The van der Waals surface area contributed by atoms with E-state index in [1.807, 2.05) is 11.3 Å². The van der Waals surface area contributed by atoms with Gasteiger partial charge in [-0.15, -0.1) is 11.3 Å². The summed E-state index contributed by atoms with van der Waals surface area (Å²) in [5.74, 6) is 0. The number of nitrogens with one attached hydrogen (secondary N) is 1. The third-order valence-corrected chi connectivity index (χ3v) is 5.41. The van der Waals surface area contributed by atoms with Gasteiger partial charge in [0.25, 0.3) is 0 Å². The first kappa shape index (κ1) is 14.8. The summed E-state index contributed by atoms with van der Waals surface area (Å²) in [6.07, 6.45) is 0. The summed E-state index contributed by atoms with van der Waals surface area (Å²) >= 11 is 5.42. The SMILES string of the molecule is Cc1ccc(CNCC(C)(C)c2cccs2)cc1Br. The first-order valence-electron chi connectivity index (χ1n) is 6.49. The Morgan fingerprint density at radius 2 is 2.05 bits per heavy atom. The largest absolute Gasteiger partial charge is 0.312 e. The molecule has 2 rings (SSSR count). The van der Waals surface area contributed by atoms with E-state index in [1.54, 1.807) is 0 Å². The summed E-state index contributed by atoms with van der Waals surface area (Å²) in [6, 6.07) is 10.9. The van der Waals surface area contributed by atoms with E-state index in [1.165, 1.54) is 20.5 Å². The normalized spacial score (nSPS) is 11.8. The minimum absolute atomic E-state index is 0.191. The fraction of sp³-hybridized carbons (Fsp3) is 0.375. The molecular formula is C16H20BrNS. The van der Waals surface area contributed by atoms with Gasteiger partial charge in [-0.3, -0.25) is 0 Å². The molecule has 0 atom stereocenters. The van der Waals surface area contributed by atoms with Crippen LogP contribution in [0.4, 0.5) is 0 Å². The maximum atomic E-state index is 3.58. The van der Waals surface area contributed by atoms with Gasteiger partial charge in [0.05, 0.1) is 0 Å². The van der Waals surface area contributed by atoms with Gasteiger partial charge in [0, 0.05) is 27.9 Å². The van der Waals surface area contributed by atoms with Crippen molar-refractivity contribution in [3.8, 4) is 0 Å². The van der Waals surface area contributed by atoms with Crippen molar-refractivity contribution in [2.75, 3.05) is 6.54 Å². The first-order valence-corrected chi connectivity index (χ1v) is 8.16. The lowest BCUT2D eigenvalue weighted by molar-refractivity contribution is 0.477. The molecule has 0 bridgehead atoms. The number of halogens is 1. The van der Waals surface area contributed by atoms with Gasteiger partial charge >= 0.3 is 0 Å². The van der Waals surface area contributed by atoms with Crippen molar-refractivity contribution >= 4 is 27.3 Å². The zero-order chi connectivity index (χ0) is 13.9. The number of rotatable bonds is 5. The fourth-order valence-corrected chi connectivity index (χ4v) is 3.29. The summed E-state index contributed by atoms with van der Waals surface area (Å²) in [5.41, 5.74) is 2.79. The van der Waals surface area contributed by atoms with E-state index in [2.05, 4.69) is 77.7 Å². The molecule has 1 nitrogen and oxygen atoms in total. The van der Waals surface area contributed by atoms with E-state index in [-0.39, 0.29) is 5.41 Å². The maximum Gasteiger partial charge on any atom is 0.0207 e. The predicted octanol–water partition coefficient (Wildman–Crippen LogP) is 4.89. The predicted molar refractivity (Wildman–Crippen MR) is 87.9 cm³/mol. The van der Waals surface area contributed by atoms with E-state index in [0.717, 1.165) is 13.1 Å². The smallest absolute Gasteiger partial charge is 0.0207 e. The van der Waals surface area contributed by atoms with Crippen molar-refractivity contribution in [2.24, 2.45) is 0 Å². The number of hydrogen-bond acceptors (Lipinski definition) is 2. The molecule has 1 aromatic heterocycles. The van der Waals surface area contributed by atoms with E-state index < -0.39 is 0 Å². The summed E-state index contributed by atoms with van der Waals surface area (Å²) in [4.78, 5) is 1.44. The fourth-order valence-electron chi connectivity index (χ4n) is 2.02. The summed E-state index contributed by atoms with van der Waals surface area (Å²) in [6.45, 7) is 8.58. The van der Waals surface area contributed by atoms with Crippen molar-refractivity contribution < 1.29 is 0 Å². The molecule has 2 aromatic rings. The average molecular weight is 338 g/mol. The van der Waals surface area contributed by atoms with Gasteiger partial charge in [0.2, 0.25) is 0 Å². The van der Waals surface area contributed by atoms with Crippen molar-refractivity contribution in [3.63, 3.8) is 0 Å². The molecule has 0 fully saturated rings. The van der Waals surface area contributed by atoms with Crippen LogP contribution < -0.4 is 5.32 Å². The lowest BCUT2D eigenvalue weighted by atomic mass is 9.91. The number of aryl methyl sites for hydroxylation is 1. The summed E-state index contributed by atoms with van der Waals surface area (Å²) in [5, 5.41) is 5.71. The monoisotopic (exact) mass is 337 g/mol. The Morgan fingerprint density at radius 3 is 2.68 bits per heavy atom. The first-order chi connectivity index (χ1) is 8.99. The Kier molecular flexibility index (Phi) is 4.82. The molecule has 1 heterocycles. The molecule has 0 unspecified atom stereocenters. The second kappa shape index (κ2) is 6.21. The highest BCUT2D eigenvalue weighted by Gasteiger charge is 2.20. The second-order valence-electron chi connectivity index (χ2n) is 5.55.